The van der Waals surface area contributed by atoms with E-state index in [1.54, 1.807) is 12.1 Å². The van der Waals surface area contributed by atoms with E-state index in [2.05, 4.69) is 11.0 Å². The van der Waals surface area contributed by atoms with Crippen molar-refractivity contribution in [2.75, 3.05) is 18.8 Å². The Morgan fingerprint density at radius 1 is 1.10 bits per heavy atom. The van der Waals surface area contributed by atoms with Crippen molar-refractivity contribution in [3.8, 4) is 6.07 Å². The molecular formula is C16H20N2O2S. The largest absolute Gasteiger partial charge is 0.282 e. The molecule has 2 aliphatic heterocycles. The molecule has 1 fully saturated rings. The van der Waals surface area contributed by atoms with Crippen LogP contribution in [0.5, 0.6) is 0 Å². The fourth-order valence-corrected chi connectivity index (χ4v) is 5.22. The molecule has 112 valence electrons. The number of likely N-dealkylation sites (tertiary alicyclic amines) is 1. The van der Waals surface area contributed by atoms with Crippen LogP contribution in [0.1, 0.15) is 37.7 Å². The third kappa shape index (κ3) is 2.37. The van der Waals surface area contributed by atoms with Crippen molar-refractivity contribution in [1.82, 2.24) is 4.90 Å². The van der Waals surface area contributed by atoms with E-state index < -0.39 is 15.4 Å². The van der Waals surface area contributed by atoms with Gasteiger partial charge in [-0.05, 0) is 38.4 Å². The predicted molar refractivity (Wildman–Crippen MR) is 80.4 cm³/mol. The van der Waals surface area contributed by atoms with E-state index in [1.807, 2.05) is 12.1 Å². The number of sulfone groups is 1. The summed E-state index contributed by atoms with van der Waals surface area (Å²) < 4.78 is 24.6. The van der Waals surface area contributed by atoms with Crippen LogP contribution in [0.2, 0.25) is 0 Å². The molecule has 1 atom stereocenters. The molecule has 5 heteroatoms. The number of fused-ring (bicyclic) bond motifs is 1. The van der Waals surface area contributed by atoms with Gasteiger partial charge < -0.3 is 0 Å². The Balaban J connectivity index is 2.13. The molecule has 21 heavy (non-hydrogen) atoms. The van der Waals surface area contributed by atoms with Crippen LogP contribution in [0.4, 0.5) is 0 Å². The molecule has 1 aromatic carbocycles. The smallest absolute Gasteiger partial charge is 0.178 e. The highest BCUT2D eigenvalue weighted by Gasteiger charge is 2.46. The Bertz CT molecular complexity index is 670. The summed E-state index contributed by atoms with van der Waals surface area (Å²) in [6.07, 6.45) is 4.93. The Morgan fingerprint density at radius 2 is 1.76 bits per heavy atom. The zero-order valence-electron chi connectivity index (χ0n) is 12.1. The Morgan fingerprint density at radius 3 is 2.43 bits per heavy atom. The molecule has 0 spiro atoms. The van der Waals surface area contributed by atoms with Crippen molar-refractivity contribution in [2.45, 2.75) is 42.5 Å². The fraction of sp³-hybridized carbons (Fsp3) is 0.562. The standard InChI is InChI=1S/C16H20N2O2S/c17-13-16(18-10-5-1-2-6-11-18)9-12-21(19,20)15-8-4-3-7-14(15)16/h3-4,7-8H,1-2,5-6,9-12H2. The summed E-state index contributed by atoms with van der Waals surface area (Å²) >= 11 is 0. The van der Waals surface area contributed by atoms with Crippen LogP contribution < -0.4 is 0 Å². The maximum absolute atomic E-state index is 12.3. The first-order valence-electron chi connectivity index (χ1n) is 7.59. The minimum atomic E-state index is -3.25. The second-order valence-electron chi connectivity index (χ2n) is 5.94. The number of benzene rings is 1. The molecule has 1 saturated heterocycles. The van der Waals surface area contributed by atoms with E-state index in [0.717, 1.165) is 25.9 Å². The molecule has 0 radical (unpaired) electrons. The lowest BCUT2D eigenvalue weighted by Crippen LogP contribution is -2.49. The number of hydrogen-bond acceptors (Lipinski definition) is 4. The van der Waals surface area contributed by atoms with Gasteiger partial charge in [0.05, 0.1) is 16.7 Å². The minimum absolute atomic E-state index is 0.0636. The highest BCUT2D eigenvalue weighted by atomic mass is 32.2. The molecule has 0 bridgehead atoms. The molecule has 3 rings (SSSR count). The zero-order valence-corrected chi connectivity index (χ0v) is 12.9. The lowest BCUT2D eigenvalue weighted by molar-refractivity contribution is 0.132. The third-order valence-corrected chi connectivity index (χ3v) is 6.50. The van der Waals surface area contributed by atoms with Crippen LogP contribution in [0.15, 0.2) is 29.2 Å². The van der Waals surface area contributed by atoms with Crippen molar-refractivity contribution < 1.29 is 8.42 Å². The van der Waals surface area contributed by atoms with Crippen LogP contribution in [-0.4, -0.2) is 32.2 Å². The SMILES string of the molecule is N#CC1(N2CCCCCC2)CCS(=O)(=O)c2ccccc21. The first kappa shape index (κ1) is 14.6. The van der Waals surface area contributed by atoms with Crippen molar-refractivity contribution in [1.29, 1.82) is 5.26 Å². The quantitative estimate of drug-likeness (QED) is 0.799. The first-order valence-corrected chi connectivity index (χ1v) is 9.24. The van der Waals surface area contributed by atoms with Gasteiger partial charge in [-0.3, -0.25) is 4.90 Å². The van der Waals surface area contributed by atoms with E-state index in [-0.39, 0.29) is 5.75 Å². The topological polar surface area (TPSA) is 61.2 Å². The minimum Gasteiger partial charge on any atom is -0.282 e. The second kappa shape index (κ2) is 5.43. The molecule has 0 aliphatic carbocycles. The normalized spacial score (nSPS) is 29.1. The van der Waals surface area contributed by atoms with Gasteiger partial charge in [0.2, 0.25) is 0 Å². The van der Waals surface area contributed by atoms with Gasteiger partial charge in [0, 0.05) is 5.56 Å². The van der Waals surface area contributed by atoms with E-state index in [9.17, 15) is 13.7 Å². The van der Waals surface area contributed by atoms with Gasteiger partial charge >= 0.3 is 0 Å². The lowest BCUT2D eigenvalue weighted by Gasteiger charge is -2.41. The van der Waals surface area contributed by atoms with E-state index in [1.165, 1.54) is 12.8 Å². The van der Waals surface area contributed by atoms with Gasteiger partial charge in [0.25, 0.3) is 0 Å². The number of nitrogens with zero attached hydrogens (tertiary/aromatic N) is 2. The van der Waals surface area contributed by atoms with Crippen molar-refractivity contribution in [2.24, 2.45) is 0 Å². The molecule has 0 saturated carbocycles. The summed E-state index contributed by atoms with van der Waals surface area (Å²) in [6.45, 7) is 1.75. The Kier molecular flexibility index (Phi) is 3.76. The summed E-state index contributed by atoms with van der Waals surface area (Å²) in [7, 11) is -3.25. The van der Waals surface area contributed by atoms with Crippen LogP contribution >= 0.6 is 0 Å². The highest BCUT2D eigenvalue weighted by molar-refractivity contribution is 7.91. The van der Waals surface area contributed by atoms with Crippen molar-refractivity contribution >= 4 is 9.84 Å². The van der Waals surface area contributed by atoms with E-state index in [4.69, 9.17) is 0 Å². The molecule has 0 N–H and O–H groups in total. The Hall–Kier alpha value is -1.38. The fourth-order valence-electron chi connectivity index (χ4n) is 3.57. The number of hydrogen-bond donors (Lipinski definition) is 0. The molecular weight excluding hydrogens is 284 g/mol. The van der Waals surface area contributed by atoms with Crippen LogP contribution in [0.25, 0.3) is 0 Å². The van der Waals surface area contributed by atoms with Gasteiger partial charge in [-0.25, -0.2) is 8.42 Å². The lowest BCUT2D eigenvalue weighted by atomic mass is 9.86. The summed E-state index contributed by atoms with van der Waals surface area (Å²) in [5, 5.41) is 9.92. The van der Waals surface area contributed by atoms with Gasteiger partial charge in [0.15, 0.2) is 9.84 Å². The van der Waals surface area contributed by atoms with E-state index >= 15 is 0 Å². The molecule has 1 aromatic rings. The van der Waals surface area contributed by atoms with Gasteiger partial charge in [-0.2, -0.15) is 5.26 Å². The third-order valence-electron chi connectivity index (χ3n) is 4.73. The molecule has 2 heterocycles. The molecule has 0 aromatic heterocycles. The molecule has 0 amide bonds. The molecule has 1 unspecified atom stereocenters. The summed E-state index contributed by atoms with van der Waals surface area (Å²) in [6, 6.07) is 9.52. The molecule has 4 nitrogen and oxygen atoms in total. The first-order chi connectivity index (χ1) is 10.1. The van der Waals surface area contributed by atoms with Crippen molar-refractivity contribution in [3.05, 3.63) is 29.8 Å². The van der Waals surface area contributed by atoms with E-state index in [0.29, 0.717) is 16.9 Å². The van der Waals surface area contributed by atoms with Gasteiger partial charge in [-0.1, -0.05) is 31.0 Å². The maximum atomic E-state index is 12.3. The predicted octanol–water partition coefficient (Wildman–Crippen LogP) is 2.46. The van der Waals surface area contributed by atoms with Gasteiger partial charge in [-0.15, -0.1) is 0 Å². The summed E-state index contributed by atoms with van der Waals surface area (Å²) in [5.74, 6) is 0.0636. The monoisotopic (exact) mass is 304 g/mol. The number of nitriles is 1. The van der Waals surface area contributed by atoms with Gasteiger partial charge in [0.1, 0.15) is 5.54 Å². The average Bonchev–Trinajstić information content (AvgIpc) is 2.78. The zero-order chi connectivity index (χ0) is 14.9. The second-order valence-corrected chi connectivity index (χ2v) is 8.02. The van der Waals surface area contributed by atoms with Crippen LogP contribution in [0, 0.1) is 11.3 Å². The van der Waals surface area contributed by atoms with Crippen molar-refractivity contribution in [3.63, 3.8) is 0 Å². The number of rotatable bonds is 1. The Labute approximate surface area is 126 Å². The summed E-state index contributed by atoms with van der Waals surface area (Å²) in [5.41, 5.74) is -0.0904. The maximum Gasteiger partial charge on any atom is 0.178 e. The highest BCUT2D eigenvalue weighted by Crippen LogP contribution is 2.41. The van der Waals surface area contributed by atoms with Crippen LogP contribution in [0.3, 0.4) is 0 Å². The summed E-state index contributed by atoms with van der Waals surface area (Å²) in [4.78, 5) is 2.56. The van der Waals surface area contributed by atoms with Crippen LogP contribution in [-0.2, 0) is 15.4 Å². The average molecular weight is 304 g/mol. The molecule has 2 aliphatic rings.